The third-order valence-corrected chi connectivity index (χ3v) is 7.05. The average molecular weight is 258 g/mol. The van der Waals surface area contributed by atoms with Crippen molar-refractivity contribution in [2.24, 2.45) is 29.6 Å². The highest BCUT2D eigenvalue weighted by Gasteiger charge is 2.39. The summed E-state index contributed by atoms with van der Waals surface area (Å²) >= 11 is 0. The first-order valence-corrected chi connectivity index (χ1v) is 9.11. The molecule has 0 aliphatic heterocycles. The maximum Gasteiger partial charge on any atom is -0.0172 e. The maximum absolute atomic E-state index is 2.68. The van der Waals surface area contributed by atoms with Crippen LogP contribution < -0.4 is 0 Å². The van der Waals surface area contributed by atoms with Crippen LogP contribution in [0.1, 0.15) is 77.0 Å². The van der Waals surface area contributed by atoms with E-state index in [1.165, 1.54) is 51.4 Å². The van der Waals surface area contributed by atoms with Crippen LogP contribution in [0, 0.1) is 29.6 Å². The van der Waals surface area contributed by atoms with Crippen LogP contribution in [0.3, 0.4) is 0 Å². The zero-order valence-corrected chi connectivity index (χ0v) is 12.4. The van der Waals surface area contributed by atoms with E-state index in [9.17, 15) is 0 Å². The second-order valence-corrected chi connectivity index (χ2v) is 7.92. The molecule has 3 saturated carbocycles. The molecule has 0 nitrogen and oxygen atoms in total. The molecule has 4 aliphatic rings. The van der Waals surface area contributed by atoms with Crippen molar-refractivity contribution in [1.29, 1.82) is 0 Å². The van der Waals surface area contributed by atoms with Gasteiger partial charge in [0.2, 0.25) is 0 Å². The van der Waals surface area contributed by atoms with Crippen LogP contribution in [-0.2, 0) is 0 Å². The summed E-state index contributed by atoms with van der Waals surface area (Å²) in [7, 11) is 0. The molecule has 4 rings (SSSR count). The predicted molar refractivity (Wildman–Crippen MR) is 80.9 cm³/mol. The summed E-state index contributed by atoms with van der Waals surface area (Å²) < 4.78 is 0. The molecule has 4 unspecified atom stereocenters. The fourth-order valence-electron chi connectivity index (χ4n) is 6.08. The van der Waals surface area contributed by atoms with Crippen LogP contribution in [0.15, 0.2) is 11.6 Å². The number of rotatable bonds is 2. The highest BCUT2D eigenvalue weighted by molar-refractivity contribution is 5.17. The van der Waals surface area contributed by atoms with Crippen molar-refractivity contribution in [2.75, 3.05) is 0 Å². The molecule has 0 aromatic carbocycles. The Hall–Kier alpha value is -0.260. The largest absolute Gasteiger partial charge is 0.0847 e. The van der Waals surface area contributed by atoms with E-state index in [0.717, 1.165) is 29.6 Å². The van der Waals surface area contributed by atoms with Gasteiger partial charge in [-0.1, -0.05) is 43.8 Å². The first kappa shape index (κ1) is 12.5. The third kappa shape index (κ3) is 2.30. The number of fused-ring (bicyclic) bond motifs is 2. The summed E-state index contributed by atoms with van der Waals surface area (Å²) in [6.45, 7) is 0. The molecule has 106 valence electrons. The van der Waals surface area contributed by atoms with Crippen molar-refractivity contribution in [3.63, 3.8) is 0 Å². The molecule has 3 fully saturated rings. The first-order valence-electron chi connectivity index (χ1n) is 9.11. The fourth-order valence-corrected chi connectivity index (χ4v) is 6.08. The lowest BCUT2D eigenvalue weighted by Crippen LogP contribution is -2.22. The Labute approximate surface area is 119 Å². The van der Waals surface area contributed by atoms with Crippen LogP contribution in [-0.4, -0.2) is 0 Å². The lowest BCUT2D eigenvalue weighted by molar-refractivity contribution is 0.219. The molecule has 0 saturated heterocycles. The average Bonchev–Trinajstić information content (AvgIpc) is 3.05. The summed E-state index contributed by atoms with van der Waals surface area (Å²) in [5.74, 6) is 5.42. The van der Waals surface area contributed by atoms with Gasteiger partial charge in [0.25, 0.3) is 0 Å². The second-order valence-electron chi connectivity index (χ2n) is 7.92. The molecule has 0 heteroatoms. The van der Waals surface area contributed by atoms with E-state index in [1.807, 2.05) is 5.57 Å². The molecule has 0 aromatic rings. The quantitative estimate of drug-likeness (QED) is 0.555. The van der Waals surface area contributed by atoms with E-state index in [2.05, 4.69) is 6.08 Å². The van der Waals surface area contributed by atoms with Crippen LogP contribution in [0.4, 0.5) is 0 Å². The van der Waals surface area contributed by atoms with Gasteiger partial charge < -0.3 is 0 Å². The Balaban J connectivity index is 1.41. The molecule has 0 N–H and O–H groups in total. The normalized spacial score (nSPS) is 45.7. The minimum absolute atomic E-state index is 1.02. The summed E-state index contributed by atoms with van der Waals surface area (Å²) in [6.07, 6.45) is 21.0. The smallest absolute Gasteiger partial charge is 0.0172 e. The van der Waals surface area contributed by atoms with Gasteiger partial charge in [-0.15, -0.1) is 0 Å². The molecule has 0 amide bonds. The molecule has 5 atom stereocenters. The minimum atomic E-state index is 1.02. The fraction of sp³-hybridized carbons (Fsp3) is 0.895. The molecule has 0 bridgehead atoms. The lowest BCUT2D eigenvalue weighted by atomic mass is 9.73. The van der Waals surface area contributed by atoms with Gasteiger partial charge in [-0.25, -0.2) is 0 Å². The summed E-state index contributed by atoms with van der Waals surface area (Å²) in [4.78, 5) is 0. The molecule has 4 aliphatic carbocycles. The number of allylic oxidation sites excluding steroid dienone is 2. The molecule has 0 heterocycles. The van der Waals surface area contributed by atoms with Crippen molar-refractivity contribution < 1.29 is 0 Å². The van der Waals surface area contributed by atoms with Gasteiger partial charge in [0, 0.05) is 0 Å². The van der Waals surface area contributed by atoms with E-state index >= 15 is 0 Å². The highest BCUT2D eigenvalue weighted by atomic mass is 14.4. The zero-order chi connectivity index (χ0) is 12.7. The highest BCUT2D eigenvalue weighted by Crippen LogP contribution is 2.51. The van der Waals surface area contributed by atoms with Crippen LogP contribution >= 0.6 is 0 Å². The molecule has 0 radical (unpaired) electrons. The van der Waals surface area contributed by atoms with Gasteiger partial charge in [0.05, 0.1) is 0 Å². The van der Waals surface area contributed by atoms with Crippen LogP contribution in [0.2, 0.25) is 0 Å². The van der Waals surface area contributed by atoms with E-state index in [1.54, 1.807) is 25.7 Å². The van der Waals surface area contributed by atoms with Crippen molar-refractivity contribution >= 4 is 0 Å². The van der Waals surface area contributed by atoms with Gasteiger partial charge in [-0.3, -0.25) is 0 Å². The Morgan fingerprint density at radius 3 is 2.53 bits per heavy atom. The SMILES string of the molecule is C1=C(C[C@@H]2CCC3CCCCC32)C2CCCCC2C1. The van der Waals surface area contributed by atoms with Crippen molar-refractivity contribution in [1.82, 2.24) is 0 Å². The number of hydrogen-bond acceptors (Lipinski definition) is 0. The molecule has 0 aromatic heterocycles. The van der Waals surface area contributed by atoms with Crippen LogP contribution in [0.25, 0.3) is 0 Å². The lowest BCUT2D eigenvalue weighted by Gasteiger charge is -2.32. The predicted octanol–water partition coefficient (Wildman–Crippen LogP) is 5.73. The van der Waals surface area contributed by atoms with Crippen LogP contribution in [0.5, 0.6) is 0 Å². The monoisotopic (exact) mass is 258 g/mol. The summed E-state index contributed by atoms with van der Waals surface area (Å²) in [5, 5.41) is 0. The first-order chi connectivity index (χ1) is 9.42. The molecular formula is C19H30. The van der Waals surface area contributed by atoms with E-state index in [-0.39, 0.29) is 0 Å². The van der Waals surface area contributed by atoms with E-state index < -0.39 is 0 Å². The second kappa shape index (κ2) is 5.26. The van der Waals surface area contributed by atoms with Gasteiger partial charge in [-0.05, 0) is 74.5 Å². The van der Waals surface area contributed by atoms with Gasteiger partial charge in [0.15, 0.2) is 0 Å². The van der Waals surface area contributed by atoms with Crippen molar-refractivity contribution in [3.8, 4) is 0 Å². The van der Waals surface area contributed by atoms with E-state index in [0.29, 0.717) is 0 Å². The number of hydrogen-bond donors (Lipinski definition) is 0. The van der Waals surface area contributed by atoms with E-state index in [4.69, 9.17) is 0 Å². The maximum atomic E-state index is 2.68. The topological polar surface area (TPSA) is 0 Å². The molecule has 0 spiro atoms. The summed E-state index contributed by atoms with van der Waals surface area (Å²) in [5.41, 5.74) is 1.92. The third-order valence-electron chi connectivity index (χ3n) is 7.05. The Bertz CT molecular complexity index is 353. The summed E-state index contributed by atoms with van der Waals surface area (Å²) in [6, 6.07) is 0. The van der Waals surface area contributed by atoms with Gasteiger partial charge in [0.1, 0.15) is 0 Å². The Morgan fingerprint density at radius 2 is 1.58 bits per heavy atom. The minimum Gasteiger partial charge on any atom is -0.0847 e. The zero-order valence-electron chi connectivity index (χ0n) is 12.4. The van der Waals surface area contributed by atoms with Gasteiger partial charge >= 0.3 is 0 Å². The Kier molecular flexibility index (Phi) is 3.46. The van der Waals surface area contributed by atoms with Crippen molar-refractivity contribution in [3.05, 3.63) is 11.6 Å². The molecular weight excluding hydrogens is 228 g/mol. The molecule has 19 heavy (non-hydrogen) atoms. The standard InChI is InChI=1S/C19H30/c1-3-7-18-14(5-1)9-11-16(18)13-17-12-10-15-6-2-4-8-19(15)17/h11,14-15,17-19H,1-10,12-13H2/t14?,15?,17-,18?,19?/m0/s1. The van der Waals surface area contributed by atoms with Gasteiger partial charge in [-0.2, -0.15) is 0 Å². The van der Waals surface area contributed by atoms with Crippen molar-refractivity contribution in [2.45, 2.75) is 77.0 Å². The Morgan fingerprint density at radius 1 is 0.789 bits per heavy atom.